The summed E-state index contributed by atoms with van der Waals surface area (Å²) in [4.78, 5) is 19.6. The van der Waals surface area contributed by atoms with Crippen molar-refractivity contribution in [2.24, 2.45) is 0 Å². The van der Waals surface area contributed by atoms with Gasteiger partial charge in [-0.05, 0) is 46.9 Å². The first kappa shape index (κ1) is 18.6. The van der Waals surface area contributed by atoms with E-state index in [1.165, 1.54) is 24.4 Å². The zero-order chi connectivity index (χ0) is 17.0. The van der Waals surface area contributed by atoms with Crippen molar-refractivity contribution in [2.75, 3.05) is 11.9 Å². The molecular weight excluding hydrogens is 479 g/mol. The number of pyridine rings is 2. The number of amides is 1. The molecule has 0 aliphatic rings. The van der Waals surface area contributed by atoms with Crippen molar-refractivity contribution >= 4 is 69.1 Å². The second-order valence-corrected chi connectivity index (χ2v) is 6.92. The number of hydrogen-bond donors (Lipinski definition) is 2. The Kier molecular flexibility index (Phi) is 6.40. The van der Waals surface area contributed by atoms with Crippen LogP contribution < -0.4 is 5.32 Å². The highest BCUT2D eigenvalue weighted by Crippen LogP contribution is 2.34. The summed E-state index contributed by atoms with van der Waals surface area (Å²) in [6.07, 6.45) is 1.39. The highest BCUT2D eigenvalue weighted by molar-refractivity contribution is 14.1. The van der Waals surface area contributed by atoms with Gasteiger partial charge in [0.15, 0.2) is 0 Å². The first-order valence-electron chi connectivity index (χ1n) is 6.07. The van der Waals surface area contributed by atoms with Gasteiger partial charge in [0.05, 0.1) is 10.0 Å². The minimum Gasteiger partial charge on any atom is -0.353 e. The van der Waals surface area contributed by atoms with Crippen LogP contribution in [0.3, 0.4) is 0 Å². The lowest BCUT2D eigenvalue weighted by Crippen LogP contribution is -2.29. The van der Waals surface area contributed by atoms with Gasteiger partial charge in [-0.1, -0.05) is 34.8 Å². The van der Waals surface area contributed by atoms with Crippen LogP contribution in [-0.2, 0) is 13.3 Å². The third kappa shape index (κ3) is 5.40. The standard InChI is InChI=1S/C13H9Cl3IN3O3/c14-7-1-4-10(18-5-7)20-11(21)6-23-13(17,22)12-8(15)2-3-9(16)19-12/h1-5,22H,6H2,(H,18,20,21). The van der Waals surface area contributed by atoms with Crippen LogP contribution in [0.1, 0.15) is 5.69 Å². The van der Waals surface area contributed by atoms with E-state index in [-0.39, 0.29) is 15.9 Å². The Morgan fingerprint density at radius 3 is 2.70 bits per heavy atom. The van der Waals surface area contributed by atoms with Crippen LogP contribution in [0.4, 0.5) is 5.82 Å². The maximum absolute atomic E-state index is 11.8. The number of carbonyl (C=O) groups excluding carboxylic acids is 1. The van der Waals surface area contributed by atoms with Crippen molar-refractivity contribution in [3.8, 4) is 0 Å². The lowest BCUT2D eigenvalue weighted by molar-refractivity contribution is -0.145. The SMILES string of the molecule is O=C(COC(O)(I)c1nc(Cl)ccc1Cl)Nc1ccc(Cl)cn1. The van der Waals surface area contributed by atoms with Gasteiger partial charge in [-0.25, -0.2) is 9.97 Å². The van der Waals surface area contributed by atoms with Gasteiger partial charge in [0.2, 0.25) is 0 Å². The summed E-state index contributed by atoms with van der Waals surface area (Å²) in [6.45, 7) is -0.450. The predicted octanol–water partition coefficient (Wildman–Crippen LogP) is 3.63. The Balaban J connectivity index is 1.99. The fraction of sp³-hybridized carbons (Fsp3) is 0.154. The van der Waals surface area contributed by atoms with Crippen molar-refractivity contribution in [3.05, 3.63) is 51.4 Å². The second-order valence-electron chi connectivity index (χ2n) is 4.22. The van der Waals surface area contributed by atoms with Gasteiger partial charge in [0, 0.05) is 6.20 Å². The fourth-order valence-corrected chi connectivity index (χ4v) is 2.71. The summed E-state index contributed by atoms with van der Waals surface area (Å²) in [6, 6.07) is 6.05. The fourth-order valence-electron chi connectivity index (χ4n) is 1.49. The summed E-state index contributed by atoms with van der Waals surface area (Å²) >= 11 is 19.0. The summed E-state index contributed by atoms with van der Waals surface area (Å²) in [5, 5.41) is 13.5. The third-order valence-electron chi connectivity index (χ3n) is 2.49. The lowest BCUT2D eigenvalue weighted by Gasteiger charge is -2.21. The van der Waals surface area contributed by atoms with Crippen LogP contribution >= 0.6 is 57.4 Å². The average Bonchev–Trinajstić information content (AvgIpc) is 2.50. The molecule has 2 rings (SSSR count). The number of alkyl halides is 1. The number of carbonyl (C=O) groups is 1. The Hall–Kier alpha value is -0.710. The zero-order valence-electron chi connectivity index (χ0n) is 11.3. The monoisotopic (exact) mass is 487 g/mol. The van der Waals surface area contributed by atoms with Crippen LogP contribution in [-0.4, -0.2) is 27.6 Å². The van der Waals surface area contributed by atoms with Crippen LogP contribution in [0.25, 0.3) is 0 Å². The zero-order valence-corrected chi connectivity index (χ0v) is 15.7. The minimum absolute atomic E-state index is 0.00434. The molecule has 1 amide bonds. The molecule has 2 aromatic heterocycles. The molecule has 0 aliphatic carbocycles. The maximum atomic E-state index is 11.8. The molecule has 2 aromatic rings. The molecule has 10 heteroatoms. The van der Waals surface area contributed by atoms with Crippen molar-refractivity contribution in [1.29, 1.82) is 0 Å². The van der Waals surface area contributed by atoms with E-state index in [2.05, 4.69) is 15.3 Å². The summed E-state index contributed by atoms with van der Waals surface area (Å²) in [5.41, 5.74) is 0.00434. The predicted molar refractivity (Wildman–Crippen MR) is 96.0 cm³/mol. The third-order valence-corrected chi connectivity index (χ3v) is 4.05. The van der Waals surface area contributed by atoms with Crippen LogP contribution in [0, 0.1) is 0 Å². The Bertz CT molecular complexity index is 713. The summed E-state index contributed by atoms with van der Waals surface area (Å²) in [5.74, 6) is -0.216. The van der Waals surface area contributed by atoms with E-state index in [9.17, 15) is 9.90 Å². The first-order valence-corrected chi connectivity index (χ1v) is 8.28. The molecule has 1 atom stereocenters. The molecule has 0 saturated heterocycles. The van der Waals surface area contributed by atoms with Gasteiger partial charge in [-0.2, -0.15) is 0 Å². The maximum Gasteiger partial charge on any atom is 0.265 e. The largest absolute Gasteiger partial charge is 0.353 e. The number of hydrogen-bond acceptors (Lipinski definition) is 5. The highest BCUT2D eigenvalue weighted by Gasteiger charge is 2.32. The molecule has 0 aromatic carbocycles. The second kappa shape index (κ2) is 7.91. The molecule has 122 valence electrons. The minimum atomic E-state index is -1.91. The van der Waals surface area contributed by atoms with Crippen LogP contribution in [0.5, 0.6) is 0 Å². The normalized spacial score (nSPS) is 13.4. The number of nitrogens with zero attached hydrogens (tertiary/aromatic N) is 2. The van der Waals surface area contributed by atoms with Gasteiger partial charge in [0.25, 0.3) is 9.70 Å². The molecule has 0 saturated carbocycles. The highest BCUT2D eigenvalue weighted by atomic mass is 127. The van der Waals surface area contributed by atoms with E-state index in [0.29, 0.717) is 10.8 Å². The van der Waals surface area contributed by atoms with E-state index in [1.54, 1.807) is 28.7 Å². The van der Waals surface area contributed by atoms with Gasteiger partial charge in [0.1, 0.15) is 23.3 Å². The molecule has 0 bridgehead atoms. The van der Waals surface area contributed by atoms with Crippen LogP contribution in [0.2, 0.25) is 15.2 Å². The molecular formula is C13H9Cl3IN3O3. The molecule has 23 heavy (non-hydrogen) atoms. The number of aliphatic hydroxyl groups is 1. The molecule has 2 N–H and O–H groups in total. The number of aromatic nitrogens is 2. The van der Waals surface area contributed by atoms with Gasteiger partial charge >= 0.3 is 0 Å². The lowest BCUT2D eigenvalue weighted by atomic mass is 10.3. The van der Waals surface area contributed by atoms with E-state index in [1.807, 2.05) is 0 Å². The van der Waals surface area contributed by atoms with Crippen molar-refractivity contribution in [3.63, 3.8) is 0 Å². The van der Waals surface area contributed by atoms with Crippen molar-refractivity contribution in [2.45, 2.75) is 3.79 Å². The number of rotatable bonds is 5. The van der Waals surface area contributed by atoms with E-state index in [4.69, 9.17) is 39.5 Å². The van der Waals surface area contributed by atoms with E-state index >= 15 is 0 Å². The van der Waals surface area contributed by atoms with E-state index < -0.39 is 16.3 Å². The van der Waals surface area contributed by atoms with Gasteiger partial charge in [-0.3, -0.25) is 4.79 Å². The first-order chi connectivity index (χ1) is 10.8. The number of halogens is 4. The summed E-state index contributed by atoms with van der Waals surface area (Å²) in [7, 11) is 0. The Morgan fingerprint density at radius 1 is 1.30 bits per heavy atom. The topological polar surface area (TPSA) is 84.3 Å². The molecule has 0 spiro atoms. The number of nitrogens with one attached hydrogen (secondary N) is 1. The molecule has 0 radical (unpaired) electrons. The van der Waals surface area contributed by atoms with Gasteiger partial charge in [-0.15, -0.1) is 0 Å². The number of anilines is 1. The smallest absolute Gasteiger partial charge is 0.265 e. The molecule has 2 heterocycles. The molecule has 0 fully saturated rings. The van der Waals surface area contributed by atoms with Gasteiger partial charge < -0.3 is 15.2 Å². The molecule has 0 aliphatic heterocycles. The van der Waals surface area contributed by atoms with Crippen molar-refractivity contribution in [1.82, 2.24) is 9.97 Å². The van der Waals surface area contributed by atoms with E-state index in [0.717, 1.165) is 0 Å². The van der Waals surface area contributed by atoms with Crippen LogP contribution in [0.15, 0.2) is 30.5 Å². The molecule has 1 unspecified atom stereocenters. The molecule has 6 nitrogen and oxygen atoms in total. The Morgan fingerprint density at radius 2 is 2.04 bits per heavy atom. The summed E-state index contributed by atoms with van der Waals surface area (Å²) < 4.78 is 3.27. The quantitative estimate of drug-likeness (QED) is 0.291. The van der Waals surface area contributed by atoms with Crippen molar-refractivity contribution < 1.29 is 14.6 Å². The Labute approximate surface area is 160 Å². The average molecular weight is 488 g/mol. The number of ether oxygens (including phenoxy) is 1.